The van der Waals surface area contributed by atoms with Gasteiger partial charge >= 0.3 is 18.3 Å². The zero-order chi connectivity index (χ0) is 15.5. The fourth-order valence-electron chi connectivity index (χ4n) is 1.06. The third kappa shape index (κ3) is 4.41. The number of alkyl halides is 6. The van der Waals surface area contributed by atoms with Crippen LogP contribution in [0.4, 0.5) is 26.3 Å². The highest BCUT2D eigenvalue weighted by atomic mass is 19.4. The molecular formula is C10H12F6O3. The lowest BCUT2D eigenvalue weighted by Gasteiger charge is -2.32. The third-order valence-electron chi connectivity index (χ3n) is 2.20. The van der Waals surface area contributed by atoms with E-state index in [4.69, 9.17) is 5.11 Å². The van der Waals surface area contributed by atoms with Gasteiger partial charge in [-0.05, 0) is 19.8 Å². The van der Waals surface area contributed by atoms with Crippen LogP contribution in [-0.4, -0.2) is 35.6 Å². The second-order valence-electron chi connectivity index (χ2n) is 3.88. The van der Waals surface area contributed by atoms with E-state index >= 15 is 0 Å². The van der Waals surface area contributed by atoms with E-state index in [2.05, 4.69) is 11.3 Å². The summed E-state index contributed by atoms with van der Waals surface area (Å²) in [6.45, 7) is 3.76. The Morgan fingerprint density at radius 2 is 1.58 bits per heavy atom. The molecule has 3 nitrogen and oxygen atoms in total. The van der Waals surface area contributed by atoms with Crippen LogP contribution in [0.5, 0.6) is 0 Å². The average Bonchev–Trinajstić information content (AvgIpc) is 2.20. The summed E-state index contributed by atoms with van der Waals surface area (Å²) >= 11 is 0. The fraction of sp³-hybridized carbons (Fsp3) is 0.700. The molecular weight excluding hydrogens is 282 g/mol. The predicted molar refractivity (Wildman–Crippen MR) is 52.1 cm³/mol. The minimum atomic E-state index is -5.86. The molecule has 1 N–H and O–H groups in total. The van der Waals surface area contributed by atoms with Crippen molar-refractivity contribution in [2.24, 2.45) is 0 Å². The molecule has 0 amide bonds. The van der Waals surface area contributed by atoms with Crippen LogP contribution in [0.3, 0.4) is 0 Å². The number of rotatable bonds is 5. The molecule has 0 aromatic rings. The molecule has 0 aromatic carbocycles. The van der Waals surface area contributed by atoms with Crippen LogP contribution in [0, 0.1) is 0 Å². The summed E-state index contributed by atoms with van der Waals surface area (Å²) in [4.78, 5) is 10.8. The van der Waals surface area contributed by atoms with Gasteiger partial charge in [-0.3, -0.25) is 0 Å². The van der Waals surface area contributed by atoms with Crippen molar-refractivity contribution in [3.63, 3.8) is 0 Å². The summed E-state index contributed by atoms with van der Waals surface area (Å²) in [7, 11) is 0. The molecule has 0 aliphatic rings. The molecule has 0 aromatic heterocycles. The monoisotopic (exact) mass is 294 g/mol. The van der Waals surface area contributed by atoms with Gasteiger partial charge in [0.2, 0.25) is 0 Å². The number of ether oxygens (including phenoxy) is 1. The van der Waals surface area contributed by atoms with Crippen molar-refractivity contribution in [1.29, 1.82) is 0 Å². The van der Waals surface area contributed by atoms with Gasteiger partial charge in [-0.25, -0.2) is 4.79 Å². The molecule has 0 unspecified atom stereocenters. The van der Waals surface area contributed by atoms with Gasteiger partial charge in [0.1, 0.15) is 0 Å². The molecule has 0 radical (unpaired) electrons. The predicted octanol–water partition coefficient (Wildman–Crippen LogP) is 2.74. The fourth-order valence-corrected chi connectivity index (χ4v) is 1.06. The van der Waals surface area contributed by atoms with E-state index in [1.165, 1.54) is 6.92 Å². The third-order valence-corrected chi connectivity index (χ3v) is 2.20. The Labute approximate surface area is 104 Å². The summed E-state index contributed by atoms with van der Waals surface area (Å²) in [5.74, 6) is -0.928. The number of hydrogen-bond donors (Lipinski definition) is 1. The van der Waals surface area contributed by atoms with Crippen molar-refractivity contribution in [3.8, 4) is 0 Å². The van der Waals surface area contributed by atoms with Crippen molar-refractivity contribution in [2.75, 3.05) is 6.61 Å². The Balaban J connectivity index is 4.56. The Bertz CT molecular complexity index is 330. The first kappa shape index (κ1) is 17.8. The van der Waals surface area contributed by atoms with Gasteiger partial charge in [0.25, 0.3) is 5.60 Å². The first-order chi connectivity index (χ1) is 8.33. The van der Waals surface area contributed by atoms with E-state index < -0.39 is 43.4 Å². The highest BCUT2D eigenvalue weighted by Crippen LogP contribution is 2.45. The zero-order valence-corrected chi connectivity index (χ0v) is 9.86. The van der Waals surface area contributed by atoms with Crippen LogP contribution in [0.15, 0.2) is 12.2 Å². The van der Waals surface area contributed by atoms with Gasteiger partial charge in [0.15, 0.2) is 0 Å². The molecule has 0 saturated carbocycles. The average molecular weight is 294 g/mol. The van der Waals surface area contributed by atoms with Crippen LogP contribution in [0.2, 0.25) is 0 Å². The molecule has 9 heteroatoms. The summed E-state index contributed by atoms with van der Waals surface area (Å²) in [6.07, 6.45) is -14.2. The molecule has 0 saturated heterocycles. The highest BCUT2D eigenvalue weighted by Gasteiger charge is 2.69. The highest BCUT2D eigenvalue weighted by molar-refractivity contribution is 5.86. The second kappa shape index (κ2) is 5.81. The van der Waals surface area contributed by atoms with E-state index in [1.807, 2.05) is 0 Å². The minimum Gasteiger partial charge on any atom is -0.462 e. The van der Waals surface area contributed by atoms with E-state index in [1.54, 1.807) is 0 Å². The normalized spacial score (nSPS) is 13.3. The lowest BCUT2D eigenvalue weighted by molar-refractivity contribution is -0.370. The second-order valence-corrected chi connectivity index (χ2v) is 3.88. The van der Waals surface area contributed by atoms with Crippen molar-refractivity contribution in [3.05, 3.63) is 12.2 Å². The van der Waals surface area contributed by atoms with E-state index in [0.717, 1.165) is 0 Å². The Morgan fingerprint density at radius 1 is 1.16 bits per heavy atom. The smallest absolute Gasteiger partial charge is 0.426 e. The first-order valence-corrected chi connectivity index (χ1v) is 5.01. The lowest BCUT2D eigenvalue weighted by Crippen LogP contribution is -2.56. The number of aliphatic hydroxyl groups is 1. The molecule has 0 aliphatic heterocycles. The SMILES string of the molecule is C=C(C)C(=O)OCCCC(O)(C(F)(F)F)C(F)(F)F. The molecule has 0 rings (SSSR count). The van der Waals surface area contributed by atoms with Crippen LogP contribution in [0.25, 0.3) is 0 Å². The summed E-state index contributed by atoms with van der Waals surface area (Å²) in [5, 5.41) is 8.75. The van der Waals surface area contributed by atoms with Gasteiger partial charge in [0, 0.05) is 5.57 Å². The maximum Gasteiger partial charge on any atom is 0.426 e. The van der Waals surface area contributed by atoms with E-state index in [0.29, 0.717) is 0 Å². The quantitative estimate of drug-likeness (QED) is 0.367. The van der Waals surface area contributed by atoms with E-state index in [-0.39, 0.29) is 5.57 Å². The van der Waals surface area contributed by atoms with Gasteiger partial charge in [-0.2, -0.15) is 26.3 Å². The number of carbonyl (C=O) groups excluding carboxylic acids is 1. The molecule has 0 heterocycles. The maximum atomic E-state index is 12.2. The molecule has 0 bridgehead atoms. The molecule has 0 spiro atoms. The summed E-state index contributed by atoms with van der Waals surface area (Å²) in [5.41, 5.74) is -4.85. The number of carbonyl (C=O) groups is 1. The lowest BCUT2D eigenvalue weighted by atomic mass is 9.96. The Morgan fingerprint density at radius 3 is 1.89 bits per heavy atom. The van der Waals surface area contributed by atoms with Crippen LogP contribution in [-0.2, 0) is 9.53 Å². The van der Waals surface area contributed by atoms with Crippen LogP contribution < -0.4 is 0 Å². The molecule has 112 valence electrons. The number of esters is 1. The number of hydrogen-bond acceptors (Lipinski definition) is 3. The van der Waals surface area contributed by atoms with Crippen molar-refractivity contribution in [1.82, 2.24) is 0 Å². The van der Waals surface area contributed by atoms with Crippen molar-refractivity contribution in [2.45, 2.75) is 37.7 Å². The standard InChI is InChI=1S/C10H12F6O3/c1-6(2)7(17)19-5-3-4-8(18,9(11,12)13)10(14,15)16/h18H,1,3-5H2,2H3. The van der Waals surface area contributed by atoms with Gasteiger partial charge in [-0.15, -0.1) is 0 Å². The van der Waals surface area contributed by atoms with Crippen molar-refractivity contribution >= 4 is 5.97 Å². The Kier molecular flexibility index (Phi) is 5.42. The van der Waals surface area contributed by atoms with Crippen molar-refractivity contribution < 1.29 is 41.0 Å². The van der Waals surface area contributed by atoms with Crippen LogP contribution >= 0.6 is 0 Å². The molecule has 0 atom stereocenters. The summed E-state index contributed by atoms with van der Waals surface area (Å²) in [6, 6.07) is 0. The molecule has 0 fully saturated rings. The van der Waals surface area contributed by atoms with E-state index in [9.17, 15) is 31.1 Å². The van der Waals surface area contributed by atoms with Gasteiger partial charge < -0.3 is 9.84 Å². The maximum absolute atomic E-state index is 12.2. The largest absolute Gasteiger partial charge is 0.462 e. The summed E-state index contributed by atoms with van der Waals surface area (Å²) < 4.78 is 77.7. The van der Waals surface area contributed by atoms with Gasteiger partial charge in [-0.1, -0.05) is 6.58 Å². The minimum absolute atomic E-state index is 0.0399. The van der Waals surface area contributed by atoms with Gasteiger partial charge in [0.05, 0.1) is 6.61 Å². The first-order valence-electron chi connectivity index (χ1n) is 5.01. The topological polar surface area (TPSA) is 46.5 Å². The zero-order valence-electron chi connectivity index (χ0n) is 9.86. The number of halogens is 6. The molecule has 19 heavy (non-hydrogen) atoms. The van der Waals surface area contributed by atoms with Crippen LogP contribution in [0.1, 0.15) is 19.8 Å². The Hall–Kier alpha value is -1.25. The molecule has 0 aliphatic carbocycles.